The number of rotatable bonds is 4. The van der Waals surface area contributed by atoms with Crippen molar-refractivity contribution in [2.45, 2.75) is 20.0 Å². The zero-order valence-electron chi connectivity index (χ0n) is 9.27. The van der Waals surface area contributed by atoms with Crippen molar-refractivity contribution in [2.24, 2.45) is 5.92 Å². The van der Waals surface area contributed by atoms with E-state index in [1.165, 1.54) is 13.3 Å². The van der Waals surface area contributed by atoms with Crippen molar-refractivity contribution in [3.63, 3.8) is 0 Å². The third kappa shape index (κ3) is 2.68. The zero-order chi connectivity index (χ0) is 12.3. The summed E-state index contributed by atoms with van der Waals surface area (Å²) in [5.74, 6) is -0.695. The van der Waals surface area contributed by atoms with Crippen LogP contribution in [0.25, 0.3) is 0 Å². The second-order valence-electron chi connectivity index (χ2n) is 3.63. The minimum atomic E-state index is -1.17. The van der Waals surface area contributed by atoms with Crippen molar-refractivity contribution in [1.29, 1.82) is 0 Å². The van der Waals surface area contributed by atoms with Crippen LogP contribution in [0, 0.1) is 5.92 Å². The van der Waals surface area contributed by atoms with Gasteiger partial charge in [0.25, 0.3) is 0 Å². The SMILES string of the molecule is COC(c1ncc(Cl)c(C(=O)O)n1)C(C)C. The molecule has 6 heteroatoms. The molecule has 1 N–H and O–H groups in total. The van der Waals surface area contributed by atoms with Crippen LogP contribution in [0.4, 0.5) is 0 Å². The van der Waals surface area contributed by atoms with Crippen LogP contribution in [0.2, 0.25) is 5.02 Å². The van der Waals surface area contributed by atoms with Crippen LogP contribution in [0.5, 0.6) is 0 Å². The summed E-state index contributed by atoms with van der Waals surface area (Å²) in [6.45, 7) is 3.87. The van der Waals surface area contributed by atoms with Gasteiger partial charge in [-0.1, -0.05) is 25.4 Å². The lowest BCUT2D eigenvalue weighted by Crippen LogP contribution is -2.15. The average molecular weight is 245 g/mol. The Kier molecular flexibility index (Phi) is 4.20. The van der Waals surface area contributed by atoms with Crippen molar-refractivity contribution in [3.8, 4) is 0 Å². The minimum absolute atomic E-state index is 0.0230. The van der Waals surface area contributed by atoms with Crippen LogP contribution in [0.3, 0.4) is 0 Å². The van der Waals surface area contributed by atoms with Crippen LogP contribution in [-0.2, 0) is 4.74 Å². The third-order valence-corrected chi connectivity index (χ3v) is 2.36. The molecule has 0 aliphatic carbocycles. The molecule has 1 aromatic rings. The van der Waals surface area contributed by atoms with E-state index in [2.05, 4.69) is 9.97 Å². The quantitative estimate of drug-likeness (QED) is 0.879. The predicted octanol–water partition coefficient (Wildman–Crippen LogP) is 2.17. The molecule has 1 heterocycles. The van der Waals surface area contributed by atoms with Gasteiger partial charge in [0.1, 0.15) is 6.10 Å². The zero-order valence-corrected chi connectivity index (χ0v) is 10.0. The molecule has 1 aromatic heterocycles. The largest absolute Gasteiger partial charge is 0.476 e. The first-order chi connectivity index (χ1) is 7.47. The van der Waals surface area contributed by atoms with E-state index in [0.717, 1.165) is 0 Å². The maximum absolute atomic E-state index is 10.8. The maximum Gasteiger partial charge on any atom is 0.356 e. The molecule has 1 atom stereocenters. The van der Waals surface area contributed by atoms with Crippen LogP contribution in [0.1, 0.15) is 36.3 Å². The fourth-order valence-electron chi connectivity index (χ4n) is 1.34. The summed E-state index contributed by atoms with van der Waals surface area (Å²) in [4.78, 5) is 18.7. The molecule has 1 rings (SSSR count). The number of nitrogens with zero attached hydrogens (tertiary/aromatic N) is 2. The van der Waals surface area contributed by atoms with Gasteiger partial charge in [0, 0.05) is 7.11 Å². The second-order valence-corrected chi connectivity index (χ2v) is 4.04. The first-order valence-electron chi connectivity index (χ1n) is 4.76. The number of hydrogen-bond donors (Lipinski definition) is 1. The summed E-state index contributed by atoms with van der Waals surface area (Å²) < 4.78 is 5.21. The van der Waals surface area contributed by atoms with Gasteiger partial charge in [0.15, 0.2) is 11.5 Å². The Morgan fingerprint density at radius 1 is 1.56 bits per heavy atom. The number of carboxylic acids is 1. The normalized spacial score (nSPS) is 12.8. The van der Waals surface area contributed by atoms with Crippen molar-refractivity contribution >= 4 is 17.6 Å². The van der Waals surface area contributed by atoms with Gasteiger partial charge < -0.3 is 9.84 Å². The molecule has 0 saturated carbocycles. The van der Waals surface area contributed by atoms with E-state index >= 15 is 0 Å². The van der Waals surface area contributed by atoms with E-state index < -0.39 is 5.97 Å². The van der Waals surface area contributed by atoms with Crippen LogP contribution in [0.15, 0.2) is 6.20 Å². The molecule has 1 unspecified atom stereocenters. The highest BCUT2D eigenvalue weighted by Gasteiger charge is 2.21. The lowest BCUT2D eigenvalue weighted by atomic mass is 10.1. The Morgan fingerprint density at radius 2 is 2.19 bits per heavy atom. The number of aromatic nitrogens is 2. The Bertz CT molecular complexity index is 396. The van der Waals surface area contributed by atoms with Gasteiger partial charge in [0.2, 0.25) is 0 Å². The van der Waals surface area contributed by atoms with Gasteiger partial charge in [-0.15, -0.1) is 0 Å². The average Bonchev–Trinajstić information content (AvgIpc) is 2.20. The number of halogens is 1. The summed E-state index contributed by atoms with van der Waals surface area (Å²) in [7, 11) is 1.53. The smallest absolute Gasteiger partial charge is 0.356 e. The Hall–Kier alpha value is -1.20. The van der Waals surface area contributed by atoms with Gasteiger partial charge >= 0.3 is 5.97 Å². The molecule has 0 aromatic carbocycles. The molecule has 0 spiro atoms. The first-order valence-corrected chi connectivity index (χ1v) is 5.13. The van der Waals surface area contributed by atoms with Gasteiger partial charge in [-0.05, 0) is 5.92 Å². The highest BCUT2D eigenvalue weighted by molar-refractivity contribution is 6.33. The Balaban J connectivity index is 3.15. The molecule has 16 heavy (non-hydrogen) atoms. The number of ether oxygens (including phenoxy) is 1. The number of aromatic carboxylic acids is 1. The highest BCUT2D eigenvalue weighted by Crippen LogP contribution is 2.23. The Morgan fingerprint density at radius 3 is 2.62 bits per heavy atom. The van der Waals surface area contributed by atoms with E-state index in [-0.39, 0.29) is 22.7 Å². The lowest BCUT2D eigenvalue weighted by Gasteiger charge is -2.17. The summed E-state index contributed by atoms with van der Waals surface area (Å²) in [6, 6.07) is 0. The van der Waals surface area contributed by atoms with Crippen molar-refractivity contribution in [2.75, 3.05) is 7.11 Å². The molecule has 0 fully saturated rings. The minimum Gasteiger partial charge on any atom is -0.476 e. The molecule has 5 nitrogen and oxygen atoms in total. The Labute approximate surface area is 98.4 Å². The number of carbonyl (C=O) groups is 1. The topological polar surface area (TPSA) is 72.3 Å². The van der Waals surface area contributed by atoms with Crippen molar-refractivity contribution in [1.82, 2.24) is 9.97 Å². The van der Waals surface area contributed by atoms with Crippen molar-refractivity contribution in [3.05, 3.63) is 22.7 Å². The fraction of sp³-hybridized carbons (Fsp3) is 0.500. The summed E-state index contributed by atoms with van der Waals surface area (Å²) >= 11 is 5.67. The predicted molar refractivity (Wildman–Crippen MR) is 58.6 cm³/mol. The summed E-state index contributed by atoms with van der Waals surface area (Å²) in [5.41, 5.74) is -0.200. The molecule has 0 aliphatic rings. The van der Waals surface area contributed by atoms with Gasteiger partial charge in [-0.25, -0.2) is 14.8 Å². The van der Waals surface area contributed by atoms with Crippen molar-refractivity contribution < 1.29 is 14.6 Å². The van der Waals surface area contributed by atoms with Crippen LogP contribution in [-0.4, -0.2) is 28.2 Å². The molecule has 0 amide bonds. The van der Waals surface area contributed by atoms with E-state index in [1.807, 2.05) is 13.8 Å². The van der Waals surface area contributed by atoms with E-state index in [4.69, 9.17) is 21.4 Å². The third-order valence-electron chi connectivity index (χ3n) is 2.08. The van der Waals surface area contributed by atoms with Gasteiger partial charge in [-0.2, -0.15) is 0 Å². The number of carboxylic acid groups (broad SMARTS) is 1. The monoisotopic (exact) mass is 244 g/mol. The fourth-order valence-corrected chi connectivity index (χ4v) is 1.52. The van der Waals surface area contributed by atoms with Crippen LogP contribution < -0.4 is 0 Å². The first kappa shape index (κ1) is 12.9. The molecular formula is C10H13ClN2O3. The van der Waals surface area contributed by atoms with E-state index in [9.17, 15) is 4.79 Å². The van der Waals surface area contributed by atoms with E-state index in [0.29, 0.717) is 5.82 Å². The molecular weight excluding hydrogens is 232 g/mol. The second kappa shape index (κ2) is 5.23. The van der Waals surface area contributed by atoms with Gasteiger partial charge in [0.05, 0.1) is 11.2 Å². The molecule has 88 valence electrons. The summed E-state index contributed by atoms with van der Waals surface area (Å²) in [6.07, 6.45) is 0.942. The number of methoxy groups -OCH3 is 1. The lowest BCUT2D eigenvalue weighted by molar-refractivity contribution is 0.0562. The van der Waals surface area contributed by atoms with Gasteiger partial charge in [-0.3, -0.25) is 0 Å². The maximum atomic E-state index is 10.8. The molecule has 0 radical (unpaired) electrons. The van der Waals surface area contributed by atoms with Crippen LogP contribution >= 0.6 is 11.6 Å². The van der Waals surface area contributed by atoms with E-state index in [1.54, 1.807) is 0 Å². The highest BCUT2D eigenvalue weighted by atomic mass is 35.5. The molecule has 0 aliphatic heterocycles. The number of hydrogen-bond acceptors (Lipinski definition) is 4. The standard InChI is InChI=1S/C10H13ClN2O3/c1-5(2)8(16-3)9-12-4-6(11)7(13-9)10(14)15/h4-5,8H,1-3H3,(H,14,15). The molecule has 0 saturated heterocycles. The summed E-state index contributed by atoms with van der Waals surface area (Å²) in [5, 5.41) is 8.89. The molecule has 0 bridgehead atoms.